The second kappa shape index (κ2) is 6.87. The number of rotatable bonds is 1. The number of piperidine rings is 1. The molecule has 2 rings (SSSR count). The quantitative estimate of drug-likeness (QED) is 0.769. The normalized spacial score (nSPS) is 16.8. The zero-order chi connectivity index (χ0) is 13.6. The van der Waals surface area contributed by atoms with E-state index in [0.717, 1.165) is 11.5 Å². The van der Waals surface area contributed by atoms with Crippen molar-refractivity contribution in [2.24, 2.45) is 5.92 Å². The van der Waals surface area contributed by atoms with Crippen LogP contribution in [0.1, 0.15) is 25.3 Å². The van der Waals surface area contributed by atoms with Crippen molar-refractivity contribution in [2.45, 2.75) is 31.6 Å². The Hall–Kier alpha value is -0.910. The lowest BCUT2D eigenvalue weighted by atomic mass is 10.0. The second-order valence-corrected chi connectivity index (χ2v) is 6.14. The van der Waals surface area contributed by atoms with Crippen molar-refractivity contribution in [2.75, 3.05) is 13.1 Å². The van der Waals surface area contributed by atoms with Crippen molar-refractivity contribution in [1.82, 2.24) is 5.32 Å². The number of nitrogens with one attached hydrogen (secondary N) is 1. The molecular weight excluding hydrogens is 250 g/mol. The van der Waals surface area contributed by atoms with E-state index in [2.05, 4.69) is 12.2 Å². The third-order valence-electron chi connectivity index (χ3n) is 2.95. The van der Waals surface area contributed by atoms with Gasteiger partial charge in [-0.2, -0.15) is 8.42 Å². The van der Waals surface area contributed by atoms with Crippen LogP contribution in [0, 0.1) is 12.8 Å². The molecule has 0 saturated carbocycles. The molecule has 0 bridgehead atoms. The molecule has 1 saturated heterocycles. The highest BCUT2D eigenvalue weighted by Gasteiger charge is 2.06. The van der Waals surface area contributed by atoms with Gasteiger partial charge in [0.25, 0.3) is 10.1 Å². The summed E-state index contributed by atoms with van der Waals surface area (Å²) in [5.41, 5.74) is 0.956. The molecule has 1 aromatic carbocycles. The molecule has 0 radical (unpaired) electrons. The van der Waals surface area contributed by atoms with Crippen LogP contribution in [0.15, 0.2) is 29.2 Å². The van der Waals surface area contributed by atoms with Crippen LogP contribution in [0.5, 0.6) is 0 Å². The van der Waals surface area contributed by atoms with Gasteiger partial charge in [0.15, 0.2) is 0 Å². The van der Waals surface area contributed by atoms with Gasteiger partial charge < -0.3 is 5.32 Å². The summed E-state index contributed by atoms with van der Waals surface area (Å²) in [6.45, 7) is 6.64. The fraction of sp³-hybridized carbons (Fsp3) is 0.538. The third kappa shape index (κ3) is 5.62. The lowest BCUT2D eigenvalue weighted by Gasteiger charge is -2.17. The number of hydrogen-bond donors (Lipinski definition) is 2. The van der Waals surface area contributed by atoms with Gasteiger partial charge in [-0.1, -0.05) is 24.6 Å². The Labute approximate surface area is 109 Å². The molecule has 1 aliphatic rings. The first-order chi connectivity index (χ1) is 8.39. The van der Waals surface area contributed by atoms with Crippen LogP contribution in [-0.4, -0.2) is 26.1 Å². The average Bonchev–Trinajstić information content (AvgIpc) is 2.30. The molecular formula is C13H21NO3S. The Morgan fingerprint density at radius 3 is 2.00 bits per heavy atom. The first-order valence-electron chi connectivity index (χ1n) is 6.14. The molecule has 0 aliphatic carbocycles. The maximum Gasteiger partial charge on any atom is 0.294 e. The van der Waals surface area contributed by atoms with Crippen molar-refractivity contribution < 1.29 is 13.0 Å². The van der Waals surface area contributed by atoms with Crippen molar-refractivity contribution in [3.63, 3.8) is 0 Å². The minimum atomic E-state index is -4.02. The molecule has 1 aliphatic heterocycles. The van der Waals surface area contributed by atoms with Gasteiger partial charge in [0.05, 0.1) is 4.90 Å². The maximum absolute atomic E-state index is 10.5. The smallest absolute Gasteiger partial charge is 0.294 e. The first-order valence-corrected chi connectivity index (χ1v) is 7.58. The van der Waals surface area contributed by atoms with Gasteiger partial charge in [-0.3, -0.25) is 4.55 Å². The average molecular weight is 271 g/mol. The Kier molecular flexibility index (Phi) is 5.78. The lowest BCUT2D eigenvalue weighted by molar-refractivity contribution is 0.402. The van der Waals surface area contributed by atoms with Crippen LogP contribution in [0.3, 0.4) is 0 Å². The molecule has 1 fully saturated rings. The number of benzene rings is 1. The minimum Gasteiger partial charge on any atom is -0.317 e. The predicted octanol–water partition coefficient (Wildman–Crippen LogP) is 2.25. The van der Waals surface area contributed by atoms with E-state index in [4.69, 9.17) is 4.55 Å². The SMILES string of the molecule is CC1CCNCC1.Cc1ccc(S(=O)(=O)O)cc1. The topological polar surface area (TPSA) is 66.4 Å². The van der Waals surface area contributed by atoms with Gasteiger partial charge in [-0.25, -0.2) is 0 Å². The summed E-state index contributed by atoms with van der Waals surface area (Å²) in [6.07, 6.45) is 2.75. The predicted molar refractivity (Wildman–Crippen MR) is 72.3 cm³/mol. The van der Waals surface area contributed by atoms with Crippen molar-refractivity contribution in [1.29, 1.82) is 0 Å². The summed E-state index contributed by atoms with van der Waals surface area (Å²) in [5, 5.41) is 3.32. The third-order valence-corrected chi connectivity index (χ3v) is 3.81. The molecule has 1 heterocycles. The van der Waals surface area contributed by atoms with E-state index in [0.29, 0.717) is 0 Å². The van der Waals surface area contributed by atoms with Crippen LogP contribution in [0.4, 0.5) is 0 Å². The summed E-state index contributed by atoms with van der Waals surface area (Å²) in [4.78, 5) is -0.0666. The number of hydrogen-bond acceptors (Lipinski definition) is 3. The Morgan fingerprint density at radius 1 is 1.17 bits per heavy atom. The van der Waals surface area contributed by atoms with Crippen molar-refractivity contribution >= 4 is 10.1 Å². The Morgan fingerprint density at radius 2 is 1.67 bits per heavy atom. The van der Waals surface area contributed by atoms with Gasteiger partial charge in [0.2, 0.25) is 0 Å². The Balaban J connectivity index is 0.000000199. The second-order valence-electron chi connectivity index (χ2n) is 4.72. The molecule has 4 nitrogen and oxygen atoms in total. The molecule has 102 valence electrons. The van der Waals surface area contributed by atoms with E-state index >= 15 is 0 Å². The van der Waals surface area contributed by atoms with Gasteiger partial charge in [-0.15, -0.1) is 0 Å². The molecule has 18 heavy (non-hydrogen) atoms. The van der Waals surface area contributed by atoms with Gasteiger partial charge in [0.1, 0.15) is 0 Å². The van der Waals surface area contributed by atoms with Crippen LogP contribution < -0.4 is 5.32 Å². The fourth-order valence-corrected chi connectivity index (χ4v) is 2.16. The molecule has 0 spiro atoms. The van der Waals surface area contributed by atoms with Crippen LogP contribution in [0.2, 0.25) is 0 Å². The largest absolute Gasteiger partial charge is 0.317 e. The summed E-state index contributed by atoms with van der Waals surface area (Å²) in [6, 6.07) is 5.99. The molecule has 0 amide bonds. The zero-order valence-corrected chi connectivity index (χ0v) is 11.7. The van der Waals surface area contributed by atoms with E-state index in [1.807, 2.05) is 6.92 Å². The van der Waals surface area contributed by atoms with Crippen molar-refractivity contribution in [3.8, 4) is 0 Å². The van der Waals surface area contributed by atoms with E-state index in [-0.39, 0.29) is 4.90 Å². The molecule has 5 heteroatoms. The van der Waals surface area contributed by atoms with Gasteiger partial charge in [-0.05, 0) is 50.9 Å². The monoisotopic (exact) mass is 271 g/mol. The zero-order valence-electron chi connectivity index (χ0n) is 10.9. The van der Waals surface area contributed by atoms with Crippen LogP contribution in [-0.2, 0) is 10.1 Å². The maximum atomic E-state index is 10.5. The summed E-state index contributed by atoms with van der Waals surface area (Å²) < 4.78 is 29.6. The molecule has 2 N–H and O–H groups in total. The molecule has 1 aromatic rings. The Bertz CT molecular complexity index is 448. The molecule has 0 aromatic heterocycles. The van der Waals surface area contributed by atoms with Crippen LogP contribution >= 0.6 is 0 Å². The highest BCUT2D eigenvalue weighted by Crippen LogP contribution is 2.09. The lowest BCUT2D eigenvalue weighted by Crippen LogP contribution is -2.26. The molecule has 0 atom stereocenters. The highest BCUT2D eigenvalue weighted by atomic mass is 32.2. The first kappa shape index (κ1) is 15.1. The standard InChI is InChI=1S/C7H8O3S.C6H13N/c1-6-2-4-7(5-3-6)11(8,9)10;1-6-2-4-7-5-3-6/h2-5H,1H3,(H,8,9,10);6-7H,2-5H2,1H3. The molecule has 0 unspecified atom stereocenters. The highest BCUT2D eigenvalue weighted by molar-refractivity contribution is 7.85. The fourth-order valence-electron chi connectivity index (χ4n) is 1.68. The number of aryl methyl sites for hydroxylation is 1. The van der Waals surface area contributed by atoms with E-state index in [1.54, 1.807) is 12.1 Å². The minimum absolute atomic E-state index is 0.0666. The van der Waals surface area contributed by atoms with Crippen LogP contribution in [0.25, 0.3) is 0 Å². The van der Waals surface area contributed by atoms with Gasteiger partial charge in [0, 0.05) is 0 Å². The van der Waals surface area contributed by atoms with E-state index in [9.17, 15) is 8.42 Å². The summed E-state index contributed by atoms with van der Waals surface area (Å²) in [5.74, 6) is 0.973. The van der Waals surface area contributed by atoms with Gasteiger partial charge >= 0.3 is 0 Å². The summed E-state index contributed by atoms with van der Waals surface area (Å²) >= 11 is 0. The summed E-state index contributed by atoms with van der Waals surface area (Å²) in [7, 11) is -4.02. The van der Waals surface area contributed by atoms with E-state index < -0.39 is 10.1 Å². The van der Waals surface area contributed by atoms with Crippen molar-refractivity contribution in [3.05, 3.63) is 29.8 Å². The van der Waals surface area contributed by atoms with E-state index in [1.165, 1.54) is 38.1 Å².